The van der Waals surface area contributed by atoms with Gasteiger partial charge in [0.05, 0.1) is 12.5 Å². The van der Waals surface area contributed by atoms with E-state index in [0.29, 0.717) is 6.54 Å². The number of rotatable bonds is 5. The molecule has 94 valence electrons. The molecular formula is C11H11N3O4. The first-order chi connectivity index (χ1) is 8.63. The van der Waals surface area contributed by atoms with Crippen LogP contribution < -0.4 is 0 Å². The van der Waals surface area contributed by atoms with Gasteiger partial charge < -0.3 is 14.5 Å². The van der Waals surface area contributed by atoms with Gasteiger partial charge in [-0.2, -0.15) is 5.26 Å². The Bertz CT molecular complexity index is 513. The first-order valence-corrected chi connectivity index (χ1v) is 5.51. The largest absolute Gasteiger partial charge is 0.475 e. The third kappa shape index (κ3) is 2.48. The molecule has 1 fully saturated rings. The summed E-state index contributed by atoms with van der Waals surface area (Å²) in [5, 5.41) is 20.7. The van der Waals surface area contributed by atoms with Crippen LogP contribution in [0, 0.1) is 11.3 Å². The molecule has 1 N–H and O–H groups in total. The van der Waals surface area contributed by atoms with Crippen LogP contribution >= 0.6 is 0 Å². The number of carboxylic acid groups (broad SMARTS) is 1. The van der Waals surface area contributed by atoms with Crippen molar-refractivity contribution in [3.05, 3.63) is 17.5 Å². The van der Waals surface area contributed by atoms with Gasteiger partial charge in [0, 0.05) is 18.7 Å². The van der Waals surface area contributed by atoms with Crippen LogP contribution in [0.4, 0.5) is 0 Å². The monoisotopic (exact) mass is 249 g/mol. The average Bonchev–Trinajstić information content (AvgIpc) is 3.05. The minimum Gasteiger partial charge on any atom is -0.475 e. The molecule has 1 saturated carbocycles. The highest BCUT2D eigenvalue weighted by Gasteiger charge is 2.34. The van der Waals surface area contributed by atoms with Crippen LogP contribution in [-0.4, -0.2) is 39.6 Å². The molecule has 0 radical (unpaired) electrons. The maximum Gasteiger partial charge on any atom is 0.374 e. The van der Waals surface area contributed by atoms with Gasteiger partial charge in [-0.05, 0) is 12.8 Å². The Kier molecular flexibility index (Phi) is 3.28. The van der Waals surface area contributed by atoms with E-state index in [1.807, 2.05) is 6.07 Å². The van der Waals surface area contributed by atoms with E-state index in [0.717, 1.165) is 18.9 Å². The van der Waals surface area contributed by atoms with Gasteiger partial charge in [-0.1, -0.05) is 5.16 Å². The van der Waals surface area contributed by atoms with Gasteiger partial charge in [0.25, 0.3) is 5.91 Å². The summed E-state index contributed by atoms with van der Waals surface area (Å²) in [4.78, 5) is 24.2. The van der Waals surface area contributed by atoms with Gasteiger partial charge in [0.2, 0.25) is 5.76 Å². The Labute approximate surface area is 103 Å². The Morgan fingerprint density at radius 2 is 2.33 bits per heavy atom. The molecule has 0 spiro atoms. The van der Waals surface area contributed by atoms with Gasteiger partial charge >= 0.3 is 5.97 Å². The molecule has 1 aromatic heterocycles. The molecule has 1 heterocycles. The van der Waals surface area contributed by atoms with Gasteiger partial charge in [-0.3, -0.25) is 4.79 Å². The fourth-order valence-electron chi connectivity index (χ4n) is 1.63. The van der Waals surface area contributed by atoms with E-state index in [4.69, 9.17) is 10.4 Å². The van der Waals surface area contributed by atoms with Crippen LogP contribution in [0.1, 0.15) is 40.3 Å². The Balaban J connectivity index is 2.11. The molecule has 7 nitrogen and oxygen atoms in total. The lowest BCUT2D eigenvalue weighted by Gasteiger charge is -2.19. The van der Waals surface area contributed by atoms with E-state index in [1.54, 1.807) is 4.90 Å². The first-order valence-electron chi connectivity index (χ1n) is 5.51. The second-order valence-corrected chi connectivity index (χ2v) is 4.02. The summed E-state index contributed by atoms with van der Waals surface area (Å²) in [6.07, 6.45) is 2.05. The maximum absolute atomic E-state index is 12.1. The van der Waals surface area contributed by atoms with Crippen LogP contribution in [-0.2, 0) is 0 Å². The number of aromatic nitrogens is 1. The third-order valence-electron chi connectivity index (χ3n) is 2.65. The minimum atomic E-state index is -1.27. The van der Waals surface area contributed by atoms with Crippen LogP contribution in [0.2, 0.25) is 0 Å². The van der Waals surface area contributed by atoms with Crippen LogP contribution in [0.3, 0.4) is 0 Å². The lowest BCUT2D eigenvalue weighted by Crippen LogP contribution is -2.34. The van der Waals surface area contributed by atoms with E-state index < -0.39 is 5.97 Å². The third-order valence-corrected chi connectivity index (χ3v) is 2.65. The number of nitriles is 1. The van der Waals surface area contributed by atoms with Crippen molar-refractivity contribution in [2.24, 2.45) is 0 Å². The van der Waals surface area contributed by atoms with Crippen LogP contribution in [0.25, 0.3) is 0 Å². The molecule has 0 aromatic carbocycles. The highest BCUT2D eigenvalue weighted by atomic mass is 16.5. The van der Waals surface area contributed by atoms with E-state index in [-0.39, 0.29) is 29.8 Å². The second-order valence-electron chi connectivity index (χ2n) is 4.02. The normalized spacial score (nSPS) is 13.9. The predicted molar refractivity (Wildman–Crippen MR) is 57.8 cm³/mol. The zero-order chi connectivity index (χ0) is 13.1. The van der Waals surface area contributed by atoms with Crippen LogP contribution in [0.5, 0.6) is 0 Å². The van der Waals surface area contributed by atoms with Crippen LogP contribution in [0.15, 0.2) is 10.6 Å². The molecule has 1 aromatic rings. The highest BCUT2D eigenvalue weighted by molar-refractivity contribution is 5.95. The molecular weight excluding hydrogens is 238 g/mol. The number of aromatic carboxylic acids is 1. The zero-order valence-corrected chi connectivity index (χ0v) is 9.50. The molecule has 2 rings (SSSR count). The van der Waals surface area contributed by atoms with Gasteiger partial charge in [0.15, 0.2) is 5.69 Å². The molecule has 1 aliphatic carbocycles. The highest BCUT2D eigenvalue weighted by Crippen LogP contribution is 2.28. The average molecular weight is 249 g/mol. The van der Waals surface area contributed by atoms with Crippen molar-refractivity contribution in [2.45, 2.75) is 25.3 Å². The van der Waals surface area contributed by atoms with Crippen molar-refractivity contribution < 1.29 is 19.2 Å². The molecule has 0 aliphatic heterocycles. The van der Waals surface area contributed by atoms with E-state index in [9.17, 15) is 9.59 Å². The molecule has 1 amide bonds. The lowest BCUT2D eigenvalue weighted by molar-refractivity contribution is 0.0648. The Hall–Kier alpha value is -2.36. The SMILES string of the molecule is N#CCCN(C(=O)c1cc(C(=O)O)on1)C1CC1. The molecule has 0 unspecified atom stereocenters. The smallest absolute Gasteiger partial charge is 0.374 e. The number of carbonyl (C=O) groups excluding carboxylic acids is 1. The van der Waals surface area contributed by atoms with E-state index >= 15 is 0 Å². The molecule has 1 aliphatic rings. The second kappa shape index (κ2) is 4.87. The summed E-state index contributed by atoms with van der Waals surface area (Å²) < 4.78 is 4.54. The molecule has 0 bridgehead atoms. The number of hydrogen-bond acceptors (Lipinski definition) is 5. The minimum absolute atomic E-state index is 0.0303. The van der Waals surface area contributed by atoms with Crippen molar-refractivity contribution in [2.75, 3.05) is 6.54 Å². The van der Waals surface area contributed by atoms with Crippen molar-refractivity contribution in [1.82, 2.24) is 10.1 Å². The zero-order valence-electron chi connectivity index (χ0n) is 9.50. The summed E-state index contributed by atoms with van der Waals surface area (Å²) in [6.45, 7) is 0.329. The standard InChI is InChI=1S/C11H11N3O4/c12-4-1-5-14(7-2-3-7)10(15)8-6-9(11(16)17)18-13-8/h6-7H,1-3,5H2,(H,16,17). The fourth-order valence-corrected chi connectivity index (χ4v) is 1.63. The quantitative estimate of drug-likeness (QED) is 0.830. The number of amides is 1. The summed E-state index contributed by atoms with van der Waals surface area (Å²) >= 11 is 0. The van der Waals surface area contributed by atoms with E-state index in [1.165, 1.54) is 0 Å². The number of carboxylic acids is 1. The van der Waals surface area contributed by atoms with Crippen molar-refractivity contribution in [1.29, 1.82) is 5.26 Å². The van der Waals surface area contributed by atoms with Crippen molar-refractivity contribution in [3.8, 4) is 6.07 Å². The number of carbonyl (C=O) groups is 2. The molecule has 18 heavy (non-hydrogen) atoms. The topological polar surface area (TPSA) is 107 Å². The molecule has 0 saturated heterocycles. The summed E-state index contributed by atoms with van der Waals surface area (Å²) in [5.41, 5.74) is -0.0303. The molecule has 7 heteroatoms. The number of hydrogen-bond donors (Lipinski definition) is 1. The summed E-state index contributed by atoms with van der Waals surface area (Å²) in [7, 11) is 0. The first kappa shape index (κ1) is 12.1. The fraction of sp³-hybridized carbons (Fsp3) is 0.455. The lowest BCUT2D eigenvalue weighted by atomic mass is 10.3. The summed E-state index contributed by atoms with van der Waals surface area (Å²) in [6, 6.07) is 3.22. The van der Waals surface area contributed by atoms with Crippen molar-refractivity contribution in [3.63, 3.8) is 0 Å². The predicted octanol–water partition coefficient (Wildman–Crippen LogP) is 0.891. The summed E-state index contributed by atoms with van der Waals surface area (Å²) in [5.74, 6) is -2.02. The number of nitrogens with zero attached hydrogens (tertiary/aromatic N) is 3. The Morgan fingerprint density at radius 3 is 2.83 bits per heavy atom. The maximum atomic E-state index is 12.1. The van der Waals surface area contributed by atoms with Gasteiger partial charge in [0.1, 0.15) is 0 Å². The van der Waals surface area contributed by atoms with Crippen molar-refractivity contribution >= 4 is 11.9 Å². The van der Waals surface area contributed by atoms with Gasteiger partial charge in [-0.25, -0.2) is 4.79 Å². The Morgan fingerprint density at radius 1 is 1.61 bits per heavy atom. The van der Waals surface area contributed by atoms with Gasteiger partial charge in [-0.15, -0.1) is 0 Å². The van der Waals surface area contributed by atoms with E-state index in [2.05, 4.69) is 9.68 Å². The molecule has 0 atom stereocenters.